The van der Waals surface area contributed by atoms with E-state index in [1.54, 1.807) is 17.5 Å². The van der Waals surface area contributed by atoms with Gasteiger partial charge in [-0.05, 0) is 7.05 Å². The quantitative estimate of drug-likeness (QED) is 0.719. The third-order valence-corrected chi connectivity index (χ3v) is 2.59. The normalized spacial score (nSPS) is 10.1. The first kappa shape index (κ1) is 11.1. The van der Waals surface area contributed by atoms with Crippen LogP contribution in [0.5, 0.6) is 0 Å². The van der Waals surface area contributed by atoms with Gasteiger partial charge in [-0.15, -0.1) is 11.3 Å². The zero-order valence-electron chi connectivity index (χ0n) is 8.25. The highest BCUT2D eigenvalue weighted by Gasteiger charge is 2.00. The Morgan fingerprint density at radius 2 is 2.43 bits per heavy atom. The van der Waals surface area contributed by atoms with Crippen LogP contribution in [-0.2, 0) is 11.2 Å². The van der Waals surface area contributed by atoms with Crippen molar-refractivity contribution in [2.24, 2.45) is 0 Å². The lowest BCUT2D eigenvalue weighted by molar-refractivity contribution is -0.120. The maximum absolute atomic E-state index is 11.2. The van der Waals surface area contributed by atoms with Crippen LogP contribution in [0.15, 0.2) is 11.6 Å². The molecule has 0 bridgehead atoms. The van der Waals surface area contributed by atoms with Crippen LogP contribution in [0.1, 0.15) is 11.4 Å². The number of nitrogens with zero attached hydrogens (tertiary/aromatic N) is 1. The van der Waals surface area contributed by atoms with Crippen LogP contribution in [0.25, 0.3) is 0 Å². The number of amides is 1. The highest BCUT2D eigenvalue weighted by molar-refractivity contribution is 7.09. The Labute approximate surface area is 87.7 Å². The van der Waals surface area contributed by atoms with E-state index >= 15 is 0 Å². The lowest BCUT2D eigenvalue weighted by Gasteiger charge is -2.02. The second-order valence-corrected chi connectivity index (χ2v) is 3.86. The summed E-state index contributed by atoms with van der Waals surface area (Å²) < 4.78 is 0. The molecule has 0 radical (unpaired) electrons. The number of thiazole rings is 1. The molecule has 1 rings (SSSR count). The number of carbonyl (C=O) groups is 1. The standard InChI is InChI=1S/C9H15N3OS/c1-10-4-2-8(13)11-5-3-9-12-6-7-14-9/h6-7,10H,2-5H2,1H3,(H,11,13). The Kier molecular flexibility index (Phi) is 5.17. The van der Waals surface area contributed by atoms with Crippen LogP contribution < -0.4 is 10.6 Å². The summed E-state index contributed by atoms with van der Waals surface area (Å²) in [5.41, 5.74) is 0. The SMILES string of the molecule is CNCCC(=O)NCCc1nccs1. The molecule has 0 saturated heterocycles. The molecule has 0 spiro atoms. The molecular weight excluding hydrogens is 198 g/mol. The van der Waals surface area contributed by atoms with E-state index in [1.165, 1.54) is 0 Å². The van der Waals surface area contributed by atoms with Gasteiger partial charge in [0.1, 0.15) is 0 Å². The zero-order valence-corrected chi connectivity index (χ0v) is 9.06. The monoisotopic (exact) mass is 213 g/mol. The van der Waals surface area contributed by atoms with Gasteiger partial charge in [-0.2, -0.15) is 0 Å². The van der Waals surface area contributed by atoms with Crippen LogP contribution in [0.3, 0.4) is 0 Å². The van der Waals surface area contributed by atoms with E-state index in [0.29, 0.717) is 13.0 Å². The van der Waals surface area contributed by atoms with Crippen LogP contribution in [0.4, 0.5) is 0 Å². The molecule has 0 aliphatic rings. The summed E-state index contributed by atoms with van der Waals surface area (Å²) in [6, 6.07) is 0. The summed E-state index contributed by atoms with van der Waals surface area (Å²) in [5.74, 6) is 0.0934. The molecule has 0 aliphatic heterocycles. The number of rotatable bonds is 6. The summed E-state index contributed by atoms with van der Waals surface area (Å²) in [6.07, 6.45) is 3.14. The van der Waals surface area contributed by atoms with Gasteiger partial charge in [0.2, 0.25) is 5.91 Å². The minimum atomic E-state index is 0.0934. The number of hydrogen-bond donors (Lipinski definition) is 2. The van der Waals surface area contributed by atoms with Crippen molar-refractivity contribution in [3.05, 3.63) is 16.6 Å². The molecule has 1 amide bonds. The minimum Gasteiger partial charge on any atom is -0.356 e. The van der Waals surface area contributed by atoms with E-state index in [-0.39, 0.29) is 5.91 Å². The molecule has 0 fully saturated rings. The molecule has 0 saturated carbocycles. The second-order valence-electron chi connectivity index (χ2n) is 2.88. The molecule has 1 aromatic rings. The topological polar surface area (TPSA) is 54.0 Å². The van der Waals surface area contributed by atoms with E-state index in [4.69, 9.17) is 0 Å². The van der Waals surface area contributed by atoms with Crippen molar-refractivity contribution in [3.63, 3.8) is 0 Å². The van der Waals surface area contributed by atoms with Crippen molar-refractivity contribution in [3.8, 4) is 0 Å². The van der Waals surface area contributed by atoms with Gasteiger partial charge in [0.15, 0.2) is 0 Å². The second kappa shape index (κ2) is 6.50. The van der Waals surface area contributed by atoms with Gasteiger partial charge < -0.3 is 10.6 Å². The summed E-state index contributed by atoms with van der Waals surface area (Å²) in [7, 11) is 1.84. The van der Waals surface area contributed by atoms with E-state index in [2.05, 4.69) is 15.6 Å². The fourth-order valence-electron chi connectivity index (χ4n) is 1.01. The molecule has 4 nitrogen and oxygen atoms in total. The summed E-state index contributed by atoms with van der Waals surface area (Å²) in [6.45, 7) is 1.40. The Morgan fingerprint density at radius 1 is 1.57 bits per heavy atom. The summed E-state index contributed by atoms with van der Waals surface area (Å²) in [4.78, 5) is 15.3. The molecular formula is C9H15N3OS. The third kappa shape index (κ3) is 4.34. The van der Waals surface area contributed by atoms with E-state index in [0.717, 1.165) is 18.0 Å². The number of aromatic nitrogens is 1. The molecule has 0 unspecified atom stereocenters. The first-order valence-electron chi connectivity index (χ1n) is 4.62. The van der Waals surface area contributed by atoms with Gasteiger partial charge in [0, 0.05) is 37.5 Å². The third-order valence-electron chi connectivity index (χ3n) is 1.75. The lowest BCUT2D eigenvalue weighted by atomic mass is 10.3. The van der Waals surface area contributed by atoms with Crippen LogP contribution in [0, 0.1) is 0 Å². The largest absolute Gasteiger partial charge is 0.356 e. The highest BCUT2D eigenvalue weighted by atomic mass is 32.1. The smallest absolute Gasteiger partial charge is 0.221 e. The molecule has 2 N–H and O–H groups in total. The van der Waals surface area contributed by atoms with Crippen LogP contribution >= 0.6 is 11.3 Å². The molecule has 5 heteroatoms. The fourth-order valence-corrected chi connectivity index (χ4v) is 1.63. The van der Waals surface area contributed by atoms with E-state index in [9.17, 15) is 4.79 Å². The fraction of sp³-hybridized carbons (Fsp3) is 0.556. The Bertz CT molecular complexity index is 261. The number of nitrogens with one attached hydrogen (secondary N) is 2. The van der Waals surface area contributed by atoms with Crippen LogP contribution in [-0.4, -0.2) is 31.0 Å². The molecule has 0 aromatic carbocycles. The first-order valence-corrected chi connectivity index (χ1v) is 5.50. The van der Waals surface area contributed by atoms with Crippen molar-refractivity contribution >= 4 is 17.2 Å². The Balaban J connectivity index is 2.06. The van der Waals surface area contributed by atoms with Crippen LogP contribution in [0.2, 0.25) is 0 Å². The average molecular weight is 213 g/mol. The van der Waals surface area contributed by atoms with Crippen molar-refractivity contribution in [1.82, 2.24) is 15.6 Å². The molecule has 14 heavy (non-hydrogen) atoms. The van der Waals surface area contributed by atoms with Crippen molar-refractivity contribution in [2.45, 2.75) is 12.8 Å². The van der Waals surface area contributed by atoms with Gasteiger partial charge >= 0.3 is 0 Å². The van der Waals surface area contributed by atoms with Gasteiger partial charge in [0.25, 0.3) is 0 Å². The van der Waals surface area contributed by atoms with Gasteiger partial charge in [0.05, 0.1) is 5.01 Å². The predicted molar refractivity (Wildman–Crippen MR) is 57.4 cm³/mol. The summed E-state index contributed by atoms with van der Waals surface area (Å²) >= 11 is 1.62. The summed E-state index contributed by atoms with van der Waals surface area (Å²) in [5, 5.41) is 8.79. The lowest BCUT2D eigenvalue weighted by Crippen LogP contribution is -2.28. The average Bonchev–Trinajstić information content (AvgIpc) is 2.67. The Morgan fingerprint density at radius 3 is 3.07 bits per heavy atom. The van der Waals surface area contributed by atoms with E-state index < -0.39 is 0 Å². The molecule has 1 heterocycles. The minimum absolute atomic E-state index is 0.0934. The van der Waals surface area contributed by atoms with Crippen molar-refractivity contribution in [1.29, 1.82) is 0 Å². The number of hydrogen-bond acceptors (Lipinski definition) is 4. The molecule has 78 valence electrons. The van der Waals surface area contributed by atoms with Crippen molar-refractivity contribution < 1.29 is 4.79 Å². The van der Waals surface area contributed by atoms with Gasteiger partial charge in [-0.25, -0.2) is 4.98 Å². The molecule has 0 atom stereocenters. The number of carbonyl (C=O) groups excluding carboxylic acids is 1. The Hall–Kier alpha value is -0.940. The molecule has 1 aromatic heterocycles. The van der Waals surface area contributed by atoms with Crippen molar-refractivity contribution in [2.75, 3.05) is 20.1 Å². The predicted octanol–water partition coefficient (Wildman–Crippen LogP) is 0.411. The van der Waals surface area contributed by atoms with Gasteiger partial charge in [-0.3, -0.25) is 4.79 Å². The maximum Gasteiger partial charge on any atom is 0.221 e. The maximum atomic E-state index is 11.2. The van der Waals surface area contributed by atoms with E-state index in [1.807, 2.05) is 12.4 Å². The van der Waals surface area contributed by atoms with Gasteiger partial charge in [-0.1, -0.05) is 0 Å². The highest BCUT2D eigenvalue weighted by Crippen LogP contribution is 2.03. The molecule has 0 aliphatic carbocycles. The first-order chi connectivity index (χ1) is 6.83. The zero-order chi connectivity index (χ0) is 10.2.